The maximum absolute atomic E-state index is 15.4. The van der Waals surface area contributed by atoms with Gasteiger partial charge in [0.05, 0.1) is 7.11 Å². The number of esters is 1. The van der Waals surface area contributed by atoms with E-state index in [1.165, 1.54) is 41.5 Å². The van der Waals surface area contributed by atoms with Gasteiger partial charge in [0.25, 0.3) is 0 Å². The van der Waals surface area contributed by atoms with Crippen LogP contribution in [0.3, 0.4) is 0 Å². The minimum atomic E-state index is -2.54. The number of methoxy groups -OCH3 is 1. The molecule has 160 valence electrons. The van der Waals surface area contributed by atoms with Crippen LogP contribution in [0.1, 0.15) is 54.4 Å². The molecule has 0 aliphatic heterocycles. The molecule has 11 heteroatoms. The molecular weight excluding hydrogens is 379 g/mol. The Morgan fingerprint density at radius 3 is 1.82 bits per heavy atom. The maximum atomic E-state index is 15.4. The molecule has 1 saturated carbocycles. The molecule has 1 rings (SSSR count). The van der Waals surface area contributed by atoms with Gasteiger partial charge in [0.1, 0.15) is 11.2 Å². The molecule has 2 amide bonds. The highest BCUT2D eigenvalue weighted by atomic mass is 19.1. The standard InChI is InChI=1S/C17H27FN2O8/c1-14(2,3)27-12(22)20(13(23)28-15(4,5)6)17(11(21)26-7)10-16(17,18)8-9-19(24)25/h8-10H2,1-7H3/t16-,17-/m0/s1. The molecule has 28 heavy (non-hydrogen) atoms. The van der Waals surface area contributed by atoms with E-state index in [-0.39, 0.29) is 4.90 Å². The topological polar surface area (TPSA) is 125 Å². The Kier molecular flexibility index (Phi) is 6.33. The number of hydrogen-bond acceptors (Lipinski definition) is 8. The van der Waals surface area contributed by atoms with E-state index in [1.54, 1.807) is 0 Å². The van der Waals surface area contributed by atoms with Crippen molar-refractivity contribution >= 4 is 18.2 Å². The van der Waals surface area contributed by atoms with Crippen LogP contribution in [0.25, 0.3) is 0 Å². The number of nitro groups is 1. The van der Waals surface area contributed by atoms with Gasteiger partial charge in [-0.25, -0.2) is 18.8 Å². The van der Waals surface area contributed by atoms with E-state index >= 15 is 4.39 Å². The van der Waals surface area contributed by atoms with E-state index in [1.807, 2.05) is 0 Å². The van der Waals surface area contributed by atoms with Crippen molar-refractivity contribution in [2.75, 3.05) is 13.7 Å². The molecule has 1 aliphatic carbocycles. The van der Waals surface area contributed by atoms with Crippen molar-refractivity contribution in [3.05, 3.63) is 10.1 Å². The number of hydrogen-bond donors (Lipinski definition) is 0. The Morgan fingerprint density at radius 1 is 1.07 bits per heavy atom. The molecule has 0 saturated heterocycles. The number of imide groups is 1. The van der Waals surface area contributed by atoms with Crippen LogP contribution in [-0.2, 0) is 19.0 Å². The van der Waals surface area contributed by atoms with Gasteiger partial charge in [-0.15, -0.1) is 0 Å². The van der Waals surface area contributed by atoms with E-state index in [0.717, 1.165) is 7.11 Å². The third kappa shape index (κ3) is 5.08. The number of carbonyl (C=O) groups is 3. The third-order valence-electron chi connectivity index (χ3n) is 3.90. The number of halogens is 1. The lowest BCUT2D eigenvalue weighted by Crippen LogP contribution is -2.57. The number of ether oxygens (including phenoxy) is 3. The van der Waals surface area contributed by atoms with Gasteiger partial charge in [-0.2, -0.15) is 4.90 Å². The highest BCUT2D eigenvalue weighted by Gasteiger charge is 2.81. The molecule has 1 aliphatic rings. The van der Waals surface area contributed by atoms with Gasteiger partial charge in [-0.1, -0.05) is 0 Å². The monoisotopic (exact) mass is 406 g/mol. The summed E-state index contributed by atoms with van der Waals surface area (Å²) in [5, 5.41) is 10.7. The molecule has 0 aromatic rings. The Morgan fingerprint density at radius 2 is 1.50 bits per heavy atom. The fourth-order valence-corrected chi connectivity index (χ4v) is 2.72. The molecule has 0 bridgehead atoms. The second-order valence-electron chi connectivity index (χ2n) is 8.60. The van der Waals surface area contributed by atoms with E-state index in [2.05, 4.69) is 4.74 Å². The summed E-state index contributed by atoms with van der Waals surface area (Å²) in [7, 11) is 0.957. The second-order valence-corrected chi connectivity index (χ2v) is 8.60. The third-order valence-corrected chi connectivity index (χ3v) is 3.90. The Balaban J connectivity index is 3.41. The minimum absolute atomic E-state index is 0.245. The first kappa shape index (κ1) is 23.6. The van der Waals surface area contributed by atoms with Crippen molar-refractivity contribution in [3.8, 4) is 0 Å². The zero-order valence-corrected chi connectivity index (χ0v) is 17.2. The van der Waals surface area contributed by atoms with Crippen LogP contribution in [0.4, 0.5) is 14.0 Å². The van der Waals surface area contributed by atoms with E-state index in [0.29, 0.717) is 0 Å². The molecule has 2 atom stereocenters. The zero-order chi connectivity index (χ0) is 22.1. The highest BCUT2D eigenvalue weighted by Crippen LogP contribution is 2.59. The first-order chi connectivity index (χ1) is 12.5. The zero-order valence-electron chi connectivity index (χ0n) is 17.2. The number of nitrogens with zero attached hydrogens (tertiary/aromatic N) is 2. The molecule has 0 spiro atoms. The van der Waals surface area contributed by atoms with Gasteiger partial charge in [-0.3, -0.25) is 10.1 Å². The van der Waals surface area contributed by atoms with E-state index in [9.17, 15) is 24.5 Å². The molecule has 10 nitrogen and oxygen atoms in total. The van der Waals surface area contributed by atoms with E-state index in [4.69, 9.17) is 9.47 Å². The fraction of sp³-hybridized carbons (Fsp3) is 0.824. The van der Waals surface area contributed by atoms with Crippen molar-refractivity contribution in [2.24, 2.45) is 0 Å². The molecule has 0 radical (unpaired) electrons. The summed E-state index contributed by atoms with van der Waals surface area (Å²) >= 11 is 0. The molecule has 0 unspecified atom stereocenters. The minimum Gasteiger partial charge on any atom is -0.467 e. The Hall–Kier alpha value is -2.46. The van der Waals surface area contributed by atoms with Gasteiger partial charge < -0.3 is 14.2 Å². The molecular formula is C17H27FN2O8. The van der Waals surface area contributed by atoms with Crippen LogP contribution in [0.2, 0.25) is 0 Å². The first-order valence-corrected chi connectivity index (χ1v) is 8.64. The van der Waals surface area contributed by atoms with Gasteiger partial charge in [0, 0.05) is 17.8 Å². The average Bonchev–Trinajstić information content (AvgIpc) is 3.07. The van der Waals surface area contributed by atoms with Crippen molar-refractivity contribution in [2.45, 2.75) is 76.8 Å². The number of rotatable bonds is 5. The van der Waals surface area contributed by atoms with Crippen molar-refractivity contribution < 1.29 is 37.9 Å². The lowest BCUT2D eigenvalue weighted by Gasteiger charge is -2.33. The summed E-state index contributed by atoms with van der Waals surface area (Å²) in [5.41, 5.74) is -7.07. The smallest absolute Gasteiger partial charge is 0.420 e. The van der Waals surface area contributed by atoms with Crippen LogP contribution in [0.5, 0.6) is 0 Å². The molecule has 0 heterocycles. The van der Waals surface area contributed by atoms with Crippen molar-refractivity contribution in [3.63, 3.8) is 0 Å². The van der Waals surface area contributed by atoms with Crippen LogP contribution in [0, 0.1) is 10.1 Å². The number of amides is 2. The Labute approximate surface area is 162 Å². The normalized spacial score (nSPS) is 24.1. The van der Waals surface area contributed by atoms with Crippen LogP contribution in [-0.4, -0.2) is 64.0 Å². The lowest BCUT2D eigenvalue weighted by atomic mass is 10.1. The average molecular weight is 406 g/mol. The summed E-state index contributed by atoms with van der Waals surface area (Å²) in [6.07, 6.45) is -3.98. The second kappa shape index (κ2) is 7.51. The summed E-state index contributed by atoms with van der Waals surface area (Å²) < 4.78 is 30.3. The van der Waals surface area contributed by atoms with Crippen LogP contribution >= 0.6 is 0 Å². The van der Waals surface area contributed by atoms with Crippen LogP contribution in [0.15, 0.2) is 0 Å². The number of alkyl halides is 1. The highest BCUT2D eigenvalue weighted by molar-refractivity contribution is 6.00. The molecule has 0 N–H and O–H groups in total. The predicted molar refractivity (Wildman–Crippen MR) is 94.0 cm³/mol. The quantitative estimate of drug-likeness (QED) is 0.295. The molecule has 0 aromatic carbocycles. The first-order valence-electron chi connectivity index (χ1n) is 8.64. The predicted octanol–water partition coefficient (Wildman–Crippen LogP) is 2.85. The van der Waals surface area contributed by atoms with Crippen molar-refractivity contribution in [1.29, 1.82) is 0 Å². The molecule has 0 aromatic heterocycles. The van der Waals surface area contributed by atoms with Gasteiger partial charge >= 0.3 is 18.2 Å². The summed E-state index contributed by atoms with van der Waals surface area (Å²) in [6, 6.07) is 0. The van der Waals surface area contributed by atoms with E-state index < -0.39 is 64.9 Å². The molecule has 1 fully saturated rings. The van der Waals surface area contributed by atoms with Gasteiger partial charge in [0.15, 0.2) is 11.2 Å². The van der Waals surface area contributed by atoms with Gasteiger partial charge in [-0.05, 0) is 41.5 Å². The maximum Gasteiger partial charge on any atom is 0.420 e. The largest absolute Gasteiger partial charge is 0.467 e. The number of carbonyl (C=O) groups excluding carboxylic acids is 3. The summed E-state index contributed by atoms with van der Waals surface area (Å²) in [4.78, 5) is 48.0. The summed E-state index contributed by atoms with van der Waals surface area (Å²) in [5.74, 6) is -1.23. The van der Waals surface area contributed by atoms with Gasteiger partial charge in [0.2, 0.25) is 6.54 Å². The fourth-order valence-electron chi connectivity index (χ4n) is 2.72. The lowest BCUT2D eigenvalue weighted by molar-refractivity contribution is -0.482. The Bertz CT molecular complexity index is 641. The SMILES string of the molecule is COC(=O)[C@@]1(N(C(=O)OC(C)(C)C)C(=O)OC(C)(C)C)C[C@@]1(F)CC[N+](=O)[O-]. The van der Waals surface area contributed by atoms with Crippen molar-refractivity contribution in [1.82, 2.24) is 4.90 Å². The summed E-state index contributed by atoms with van der Waals surface area (Å²) in [6.45, 7) is 8.32. The van der Waals surface area contributed by atoms with Crippen LogP contribution < -0.4 is 0 Å².